The van der Waals surface area contributed by atoms with Crippen LogP contribution in [0.15, 0.2) is 30.3 Å². The van der Waals surface area contributed by atoms with Crippen molar-refractivity contribution in [3.8, 4) is 5.75 Å². The molecule has 1 unspecified atom stereocenters. The molecule has 4 nitrogen and oxygen atoms in total. The fourth-order valence-electron chi connectivity index (χ4n) is 2.26. The maximum Gasteiger partial charge on any atom is 0.415 e. The number of piperidine rings is 1. The summed E-state index contributed by atoms with van der Waals surface area (Å²) in [7, 11) is 0. The summed E-state index contributed by atoms with van der Waals surface area (Å²) in [6.07, 6.45) is 1.66. The first-order valence-corrected chi connectivity index (χ1v) is 6.44. The highest BCUT2D eigenvalue weighted by Gasteiger charge is 2.25. The van der Waals surface area contributed by atoms with E-state index in [1.165, 1.54) is 0 Å². The molecule has 1 aliphatic rings. The quantitative estimate of drug-likeness (QED) is 0.873. The molecule has 2 N–H and O–H groups in total. The minimum absolute atomic E-state index is 0.206. The SMILES string of the molecule is CC(N)C1CCN(C(=O)Oc2ccccc2)CC1. The number of carbonyl (C=O) groups is 1. The van der Waals surface area contributed by atoms with E-state index in [9.17, 15) is 4.79 Å². The third kappa shape index (κ3) is 3.23. The molecule has 1 fully saturated rings. The Morgan fingerprint density at radius 3 is 2.50 bits per heavy atom. The van der Waals surface area contributed by atoms with Gasteiger partial charge in [-0.3, -0.25) is 0 Å². The van der Waals surface area contributed by atoms with Gasteiger partial charge < -0.3 is 15.4 Å². The van der Waals surface area contributed by atoms with Crippen LogP contribution in [0.4, 0.5) is 4.79 Å². The van der Waals surface area contributed by atoms with Crippen LogP contribution >= 0.6 is 0 Å². The number of carbonyl (C=O) groups excluding carboxylic acids is 1. The van der Waals surface area contributed by atoms with Gasteiger partial charge in [0.1, 0.15) is 5.75 Å². The van der Waals surface area contributed by atoms with Gasteiger partial charge in [-0.15, -0.1) is 0 Å². The van der Waals surface area contributed by atoms with Gasteiger partial charge in [0.05, 0.1) is 0 Å². The Morgan fingerprint density at radius 1 is 1.33 bits per heavy atom. The van der Waals surface area contributed by atoms with Crippen molar-refractivity contribution in [3.63, 3.8) is 0 Å². The Bertz CT molecular complexity index is 384. The predicted molar refractivity (Wildman–Crippen MR) is 70.4 cm³/mol. The number of nitrogens with zero attached hydrogens (tertiary/aromatic N) is 1. The predicted octanol–water partition coefficient (Wildman–Crippen LogP) is 2.24. The number of likely N-dealkylation sites (tertiary alicyclic amines) is 1. The average Bonchev–Trinajstić information content (AvgIpc) is 2.40. The van der Waals surface area contributed by atoms with Gasteiger partial charge in [-0.25, -0.2) is 4.79 Å². The monoisotopic (exact) mass is 248 g/mol. The summed E-state index contributed by atoms with van der Waals surface area (Å²) in [6, 6.07) is 9.37. The number of hydrogen-bond donors (Lipinski definition) is 1. The number of amides is 1. The van der Waals surface area contributed by atoms with Crippen LogP contribution in [-0.4, -0.2) is 30.1 Å². The first kappa shape index (κ1) is 12.9. The Hall–Kier alpha value is -1.55. The molecular weight excluding hydrogens is 228 g/mol. The molecule has 0 spiro atoms. The van der Waals surface area contributed by atoms with E-state index in [1.807, 2.05) is 25.1 Å². The van der Waals surface area contributed by atoms with Crippen LogP contribution in [0, 0.1) is 5.92 Å². The normalized spacial score (nSPS) is 18.4. The summed E-state index contributed by atoms with van der Waals surface area (Å²) in [6.45, 7) is 3.50. The van der Waals surface area contributed by atoms with Crippen molar-refractivity contribution in [2.45, 2.75) is 25.8 Å². The number of nitrogens with two attached hydrogens (primary N) is 1. The molecule has 0 saturated carbocycles. The van der Waals surface area contributed by atoms with E-state index in [0.717, 1.165) is 25.9 Å². The second-order valence-corrected chi connectivity index (χ2v) is 4.86. The zero-order chi connectivity index (χ0) is 13.0. The first-order valence-electron chi connectivity index (χ1n) is 6.44. The minimum Gasteiger partial charge on any atom is -0.410 e. The van der Waals surface area contributed by atoms with Gasteiger partial charge in [0.15, 0.2) is 0 Å². The van der Waals surface area contributed by atoms with Crippen molar-refractivity contribution < 1.29 is 9.53 Å². The second-order valence-electron chi connectivity index (χ2n) is 4.86. The molecule has 1 amide bonds. The molecule has 0 aliphatic carbocycles. The van der Waals surface area contributed by atoms with E-state index < -0.39 is 0 Å². The van der Waals surface area contributed by atoms with E-state index >= 15 is 0 Å². The van der Waals surface area contributed by atoms with Gasteiger partial charge >= 0.3 is 6.09 Å². The highest BCUT2D eigenvalue weighted by Crippen LogP contribution is 2.20. The smallest absolute Gasteiger partial charge is 0.410 e. The number of rotatable bonds is 2. The standard InChI is InChI=1S/C14H20N2O2/c1-11(15)12-7-9-16(10-8-12)14(17)18-13-5-3-2-4-6-13/h2-6,11-12H,7-10,15H2,1H3. The Kier molecular flexibility index (Phi) is 4.20. The molecule has 1 aromatic carbocycles. The molecule has 0 bridgehead atoms. The summed E-state index contributed by atoms with van der Waals surface area (Å²) < 4.78 is 5.31. The van der Waals surface area contributed by atoms with Gasteiger partial charge in [0.2, 0.25) is 0 Å². The molecule has 1 heterocycles. The van der Waals surface area contributed by atoms with Gasteiger partial charge in [-0.05, 0) is 37.8 Å². The van der Waals surface area contributed by atoms with Crippen molar-refractivity contribution >= 4 is 6.09 Å². The fourth-order valence-corrected chi connectivity index (χ4v) is 2.26. The van der Waals surface area contributed by atoms with E-state index in [0.29, 0.717) is 11.7 Å². The molecule has 1 saturated heterocycles. The molecule has 1 atom stereocenters. The van der Waals surface area contributed by atoms with Gasteiger partial charge in [-0.2, -0.15) is 0 Å². The second kappa shape index (κ2) is 5.87. The van der Waals surface area contributed by atoms with Gasteiger partial charge in [-0.1, -0.05) is 18.2 Å². The van der Waals surface area contributed by atoms with Crippen molar-refractivity contribution in [2.24, 2.45) is 11.7 Å². The van der Waals surface area contributed by atoms with E-state index in [4.69, 9.17) is 10.5 Å². The summed E-state index contributed by atoms with van der Waals surface area (Å²) >= 11 is 0. The van der Waals surface area contributed by atoms with Crippen LogP contribution in [0.25, 0.3) is 0 Å². The van der Waals surface area contributed by atoms with Crippen molar-refractivity contribution in [3.05, 3.63) is 30.3 Å². The van der Waals surface area contributed by atoms with E-state index in [-0.39, 0.29) is 12.1 Å². The molecule has 98 valence electrons. The molecule has 4 heteroatoms. The topological polar surface area (TPSA) is 55.6 Å². The summed E-state index contributed by atoms with van der Waals surface area (Å²) in [4.78, 5) is 13.7. The van der Waals surface area contributed by atoms with Crippen LogP contribution in [0.3, 0.4) is 0 Å². The lowest BCUT2D eigenvalue weighted by atomic mass is 9.91. The lowest BCUT2D eigenvalue weighted by molar-refractivity contribution is 0.127. The number of para-hydroxylation sites is 1. The maximum absolute atomic E-state index is 11.9. The summed E-state index contributed by atoms with van der Waals surface area (Å²) in [5.74, 6) is 1.11. The largest absolute Gasteiger partial charge is 0.415 e. The Balaban J connectivity index is 1.85. The van der Waals surface area contributed by atoms with E-state index in [2.05, 4.69) is 0 Å². The minimum atomic E-state index is -0.260. The van der Waals surface area contributed by atoms with Crippen LogP contribution in [0.5, 0.6) is 5.75 Å². The average molecular weight is 248 g/mol. The third-order valence-corrected chi connectivity index (χ3v) is 3.49. The van der Waals surface area contributed by atoms with E-state index in [1.54, 1.807) is 17.0 Å². The first-order chi connectivity index (χ1) is 8.66. The number of ether oxygens (including phenoxy) is 1. The maximum atomic E-state index is 11.9. The van der Waals surface area contributed by atoms with Crippen LogP contribution in [-0.2, 0) is 0 Å². The summed E-state index contributed by atoms with van der Waals surface area (Å²) in [5.41, 5.74) is 5.88. The van der Waals surface area contributed by atoms with Gasteiger partial charge in [0.25, 0.3) is 0 Å². The highest BCUT2D eigenvalue weighted by atomic mass is 16.6. The Labute approximate surface area is 108 Å². The lowest BCUT2D eigenvalue weighted by Crippen LogP contribution is -2.43. The van der Waals surface area contributed by atoms with Gasteiger partial charge in [0, 0.05) is 19.1 Å². The highest BCUT2D eigenvalue weighted by molar-refractivity contribution is 5.70. The summed E-state index contributed by atoms with van der Waals surface area (Å²) in [5, 5.41) is 0. The van der Waals surface area contributed by atoms with Crippen LogP contribution in [0.2, 0.25) is 0 Å². The Morgan fingerprint density at radius 2 is 1.94 bits per heavy atom. The van der Waals surface area contributed by atoms with Crippen LogP contribution in [0.1, 0.15) is 19.8 Å². The number of benzene rings is 1. The molecule has 18 heavy (non-hydrogen) atoms. The molecule has 0 radical (unpaired) electrons. The zero-order valence-electron chi connectivity index (χ0n) is 10.7. The fraction of sp³-hybridized carbons (Fsp3) is 0.500. The molecule has 2 rings (SSSR count). The van der Waals surface area contributed by atoms with Crippen molar-refractivity contribution in [1.82, 2.24) is 4.90 Å². The molecule has 0 aromatic heterocycles. The third-order valence-electron chi connectivity index (χ3n) is 3.49. The molecule has 1 aromatic rings. The zero-order valence-corrected chi connectivity index (χ0v) is 10.7. The van der Waals surface area contributed by atoms with Crippen molar-refractivity contribution in [2.75, 3.05) is 13.1 Å². The molecule has 1 aliphatic heterocycles. The lowest BCUT2D eigenvalue weighted by Gasteiger charge is -2.32. The van der Waals surface area contributed by atoms with Crippen LogP contribution < -0.4 is 10.5 Å². The molecular formula is C14H20N2O2. The number of hydrogen-bond acceptors (Lipinski definition) is 3. The van der Waals surface area contributed by atoms with Crippen molar-refractivity contribution in [1.29, 1.82) is 0 Å².